The van der Waals surface area contributed by atoms with Crippen LogP contribution in [0.3, 0.4) is 0 Å². The predicted octanol–water partition coefficient (Wildman–Crippen LogP) is 1.61. The molecule has 0 unspecified atom stereocenters. The first kappa shape index (κ1) is 12.3. The molecule has 1 amide bonds. The fraction of sp³-hybridized carbons (Fsp3) is 0.133. The number of nitrogens with zero attached hydrogens (tertiary/aromatic N) is 1. The molecule has 1 aromatic heterocycles. The molecule has 1 aliphatic rings. The Labute approximate surface area is 114 Å². The van der Waals surface area contributed by atoms with Gasteiger partial charge in [-0.1, -0.05) is 18.2 Å². The summed E-state index contributed by atoms with van der Waals surface area (Å²) < 4.78 is 0. The Bertz CT molecular complexity index is 749. The number of carbonyl (C=O) groups is 2. The van der Waals surface area contributed by atoms with Crippen LogP contribution in [-0.4, -0.2) is 23.2 Å². The number of anilines is 1. The fourth-order valence-corrected chi connectivity index (χ4v) is 2.34. The second-order valence-electron chi connectivity index (χ2n) is 4.58. The standard InChI is InChI=1S/C15H12N2O3/c18-13-8-9-17(12-6-2-1-4-10(12)13)15(20)11-5-3-7-14(19)16-11/h1-7H,8-9H2,(H,16,19). The van der Waals surface area contributed by atoms with Crippen LogP contribution in [0.4, 0.5) is 5.69 Å². The van der Waals surface area contributed by atoms with E-state index in [0.29, 0.717) is 24.2 Å². The van der Waals surface area contributed by atoms with Crippen molar-refractivity contribution in [2.24, 2.45) is 0 Å². The third kappa shape index (κ3) is 2.03. The van der Waals surface area contributed by atoms with E-state index in [1.54, 1.807) is 30.3 Å². The first-order valence-corrected chi connectivity index (χ1v) is 6.30. The molecule has 5 nitrogen and oxygen atoms in total. The number of nitrogens with one attached hydrogen (secondary N) is 1. The molecule has 20 heavy (non-hydrogen) atoms. The first-order valence-electron chi connectivity index (χ1n) is 6.30. The zero-order valence-electron chi connectivity index (χ0n) is 10.6. The van der Waals surface area contributed by atoms with Gasteiger partial charge in [0.2, 0.25) is 5.56 Å². The number of rotatable bonds is 1. The van der Waals surface area contributed by atoms with Crippen LogP contribution in [0.1, 0.15) is 27.3 Å². The van der Waals surface area contributed by atoms with Gasteiger partial charge in [0.1, 0.15) is 5.69 Å². The Balaban J connectivity index is 2.04. The smallest absolute Gasteiger partial charge is 0.274 e. The van der Waals surface area contributed by atoms with Gasteiger partial charge in [-0.15, -0.1) is 0 Å². The topological polar surface area (TPSA) is 70.2 Å². The maximum Gasteiger partial charge on any atom is 0.274 e. The Hall–Kier alpha value is -2.69. The Morgan fingerprint density at radius 1 is 1.05 bits per heavy atom. The van der Waals surface area contributed by atoms with Gasteiger partial charge in [0.15, 0.2) is 5.78 Å². The number of aromatic nitrogens is 1. The number of para-hydroxylation sites is 1. The number of carbonyl (C=O) groups excluding carboxylic acids is 2. The van der Waals surface area contributed by atoms with Crippen molar-refractivity contribution in [2.75, 3.05) is 11.4 Å². The first-order chi connectivity index (χ1) is 9.66. The molecule has 100 valence electrons. The van der Waals surface area contributed by atoms with E-state index in [-0.39, 0.29) is 22.9 Å². The summed E-state index contributed by atoms with van der Waals surface area (Å²) in [5, 5.41) is 0. The molecule has 5 heteroatoms. The van der Waals surface area contributed by atoms with Crippen molar-refractivity contribution in [3.8, 4) is 0 Å². The van der Waals surface area contributed by atoms with Crippen LogP contribution >= 0.6 is 0 Å². The molecule has 2 heterocycles. The highest BCUT2D eigenvalue weighted by atomic mass is 16.2. The summed E-state index contributed by atoms with van der Waals surface area (Å²) in [5.41, 5.74) is 1.04. The van der Waals surface area contributed by atoms with Crippen LogP contribution in [0.2, 0.25) is 0 Å². The SMILES string of the molecule is O=C1CCN(C(=O)c2cccc(=O)[nH]2)c2ccccc21. The van der Waals surface area contributed by atoms with Crippen molar-refractivity contribution in [3.63, 3.8) is 0 Å². The third-order valence-corrected chi connectivity index (χ3v) is 3.30. The lowest BCUT2D eigenvalue weighted by Gasteiger charge is -2.28. The highest BCUT2D eigenvalue weighted by Gasteiger charge is 2.27. The van der Waals surface area contributed by atoms with E-state index in [4.69, 9.17) is 0 Å². The molecule has 0 saturated carbocycles. The number of Topliss-reactive ketones (excluding diaryl/α,β-unsaturated/α-hetero) is 1. The van der Waals surface area contributed by atoms with Gasteiger partial charge in [-0.25, -0.2) is 0 Å². The monoisotopic (exact) mass is 268 g/mol. The number of hydrogen-bond donors (Lipinski definition) is 1. The van der Waals surface area contributed by atoms with Crippen molar-refractivity contribution >= 4 is 17.4 Å². The molecule has 0 fully saturated rings. The second kappa shape index (κ2) is 4.77. The lowest BCUT2D eigenvalue weighted by atomic mass is 10.00. The van der Waals surface area contributed by atoms with Crippen LogP contribution < -0.4 is 10.5 Å². The van der Waals surface area contributed by atoms with Crippen molar-refractivity contribution in [1.29, 1.82) is 0 Å². The summed E-state index contributed by atoms with van der Waals surface area (Å²) in [4.78, 5) is 39.7. The van der Waals surface area contributed by atoms with E-state index in [1.165, 1.54) is 17.0 Å². The van der Waals surface area contributed by atoms with Gasteiger partial charge in [-0.3, -0.25) is 14.4 Å². The average molecular weight is 268 g/mol. The lowest BCUT2D eigenvalue weighted by molar-refractivity contribution is 0.0952. The summed E-state index contributed by atoms with van der Waals surface area (Å²) in [6.45, 7) is 0.325. The van der Waals surface area contributed by atoms with E-state index in [0.717, 1.165) is 0 Å². The summed E-state index contributed by atoms with van der Waals surface area (Å²) >= 11 is 0. The minimum absolute atomic E-state index is 0.0335. The van der Waals surface area contributed by atoms with Crippen molar-refractivity contribution in [1.82, 2.24) is 4.98 Å². The largest absolute Gasteiger partial charge is 0.318 e. The number of amides is 1. The average Bonchev–Trinajstić information content (AvgIpc) is 2.47. The van der Waals surface area contributed by atoms with Crippen LogP contribution in [0.25, 0.3) is 0 Å². The molecule has 1 N–H and O–H groups in total. The molecule has 0 bridgehead atoms. The molecule has 0 spiro atoms. The maximum absolute atomic E-state index is 12.5. The van der Waals surface area contributed by atoms with Crippen LogP contribution in [0.5, 0.6) is 0 Å². The van der Waals surface area contributed by atoms with Gasteiger partial charge in [-0.2, -0.15) is 0 Å². The number of ketones is 1. The molecule has 2 aromatic rings. The number of pyridine rings is 1. The highest BCUT2D eigenvalue weighted by molar-refractivity contribution is 6.12. The van der Waals surface area contributed by atoms with Gasteiger partial charge in [0, 0.05) is 24.6 Å². The quantitative estimate of drug-likeness (QED) is 0.854. The molecule has 0 atom stereocenters. The lowest BCUT2D eigenvalue weighted by Crippen LogP contribution is -2.38. The molecular formula is C15H12N2O3. The second-order valence-corrected chi connectivity index (χ2v) is 4.58. The third-order valence-electron chi connectivity index (χ3n) is 3.30. The summed E-state index contributed by atoms with van der Waals surface area (Å²) in [5.74, 6) is -0.270. The van der Waals surface area contributed by atoms with Crippen molar-refractivity contribution < 1.29 is 9.59 Å². The molecule has 3 rings (SSSR count). The fourth-order valence-electron chi connectivity index (χ4n) is 2.34. The number of aromatic amines is 1. The van der Waals surface area contributed by atoms with Gasteiger partial charge >= 0.3 is 0 Å². The maximum atomic E-state index is 12.5. The highest BCUT2D eigenvalue weighted by Crippen LogP contribution is 2.27. The molecule has 1 aliphatic heterocycles. The van der Waals surface area contributed by atoms with E-state index in [2.05, 4.69) is 4.98 Å². The molecule has 0 aliphatic carbocycles. The Morgan fingerprint density at radius 3 is 2.65 bits per heavy atom. The molecule has 0 saturated heterocycles. The summed E-state index contributed by atoms with van der Waals surface area (Å²) in [6.07, 6.45) is 0.291. The van der Waals surface area contributed by atoms with Crippen molar-refractivity contribution in [2.45, 2.75) is 6.42 Å². The number of fused-ring (bicyclic) bond motifs is 1. The molecular weight excluding hydrogens is 256 g/mol. The minimum Gasteiger partial charge on any atom is -0.318 e. The van der Waals surface area contributed by atoms with Crippen LogP contribution in [0, 0.1) is 0 Å². The van der Waals surface area contributed by atoms with E-state index < -0.39 is 0 Å². The predicted molar refractivity (Wildman–Crippen MR) is 74.1 cm³/mol. The van der Waals surface area contributed by atoms with Gasteiger partial charge in [0.25, 0.3) is 5.91 Å². The minimum atomic E-state index is -0.322. The van der Waals surface area contributed by atoms with Crippen LogP contribution in [-0.2, 0) is 0 Å². The van der Waals surface area contributed by atoms with E-state index in [9.17, 15) is 14.4 Å². The summed E-state index contributed by atoms with van der Waals surface area (Å²) in [6, 6.07) is 11.5. The van der Waals surface area contributed by atoms with Gasteiger partial charge in [-0.05, 0) is 18.2 Å². The van der Waals surface area contributed by atoms with Gasteiger partial charge in [0.05, 0.1) is 5.69 Å². The zero-order chi connectivity index (χ0) is 14.1. The van der Waals surface area contributed by atoms with Crippen LogP contribution in [0.15, 0.2) is 47.3 Å². The molecule has 0 radical (unpaired) electrons. The number of H-pyrrole nitrogens is 1. The van der Waals surface area contributed by atoms with Crippen molar-refractivity contribution in [3.05, 3.63) is 64.1 Å². The molecule has 1 aromatic carbocycles. The van der Waals surface area contributed by atoms with E-state index in [1.807, 2.05) is 0 Å². The normalized spacial score (nSPS) is 14.0. The number of hydrogen-bond acceptors (Lipinski definition) is 3. The zero-order valence-corrected chi connectivity index (χ0v) is 10.6. The van der Waals surface area contributed by atoms with Gasteiger partial charge < -0.3 is 9.88 Å². The Morgan fingerprint density at radius 2 is 1.85 bits per heavy atom. The number of benzene rings is 1. The van der Waals surface area contributed by atoms with E-state index >= 15 is 0 Å². The Kier molecular flexibility index (Phi) is 2.95. The summed E-state index contributed by atoms with van der Waals surface area (Å²) in [7, 11) is 0.